The summed E-state index contributed by atoms with van der Waals surface area (Å²) in [4.78, 5) is 17.7. The van der Waals surface area contributed by atoms with Crippen LogP contribution in [-0.2, 0) is 0 Å². The van der Waals surface area contributed by atoms with Crippen LogP contribution < -0.4 is 16.0 Å². The number of primary amides is 1. The number of hydrogen-bond acceptors (Lipinski definition) is 4. The molecule has 0 aliphatic carbocycles. The minimum atomic E-state index is -0.417. The Morgan fingerprint density at radius 1 is 1.62 bits per heavy atom. The van der Waals surface area contributed by atoms with E-state index in [-0.39, 0.29) is 0 Å². The van der Waals surface area contributed by atoms with Gasteiger partial charge in [0, 0.05) is 26.3 Å². The van der Waals surface area contributed by atoms with E-state index in [1.54, 1.807) is 12.3 Å². The topological polar surface area (TPSA) is 71.2 Å². The number of pyridine rings is 1. The largest absolute Gasteiger partial charge is 0.365 e. The highest BCUT2D eigenvalue weighted by Crippen LogP contribution is 2.22. The predicted octanol–water partition coefficient (Wildman–Crippen LogP) is -0.103. The quantitative estimate of drug-likeness (QED) is 0.746. The number of nitrogens with one attached hydrogen (secondary N) is 1. The third kappa shape index (κ3) is 1.74. The van der Waals surface area contributed by atoms with Crippen molar-refractivity contribution in [3.63, 3.8) is 0 Å². The van der Waals surface area contributed by atoms with Gasteiger partial charge < -0.3 is 16.0 Å². The number of anilines is 1. The molecule has 0 unspecified atom stereocenters. The molecule has 16 heavy (non-hydrogen) atoms. The van der Waals surface area contributed by atoms with Gasteiger partial charge in [-0.1, -0.05) is 0 Å². The molecule has 0 saturated carbocycles. The van der Waals surface area contributed by atoms with E-state index in [1.165, 1.54) is 0 Å². The Bertz CT molecular complexity index is 414. The highest BCUT2D eigenvalue weighted by atomic mass is 16.1. The molecule has 3 N–H and O–H groups in total. The van der Waals surface area contributed by atoms with E-state index in [0.717, 1.165) is 18.7 Å². The van der Waals surface area contributed by atoms with Gasteiger partial charge in [0.2, 0.25) is 0 Å². The molecule has 1 amide bonds. The Morgan fingerprint density at radius 2 is 2.31 bits per heavy atom. The van der Waals surface area contributed by atoms with Gasteiger partial charge >= 0.3 is 0 Å². The number of carbonyl (C=O) groups is 1. The average molecular weight is 220 g/mol. The van der Waals surface area contributed by atoms with Crippen molar-refractivity contribution in [1.29, 1.82) is 0 Å². The van der Waals surface area contributed by atoms with E-state index in [4.69, 9.17) is 5.73 Å². The number of hydrogen-bond donors (Lipinski definition) is 2. The average Bonchev–Trinajstić information content (AvgIpc) is 2.13. The summed E-state index contributed by atoms with van der Waals surface area (Å²) in [5, 5.41) is 3.19. The number of rotatable bonds is 3. The van der Waals surface area contributed by atoms with Gasteiger partial charge in [-0.25, -0.2) is 4.98 Å². The van der Waals surface area contributed by atoms with Crippen molar-refractivity contribution in [3.05, 3.63) is 23.4 Å². The molecule has 0 bridgehead atoms. The van der Waals surface area contributed by atoms with Crippen molar-refractivity contribution in [3.8, 4) is 0 Å². The van der Waals surface area contributed by atoms with Gasteiger partial charge in [0.25, 0.3) is 5.91 Å². The molecule has 1 aliphatic rings. The molecule has 0 atom stereocenters. The second-order valence-corrected chi connectivity index (χ2v) is 4.11. The van der Waals surface area contributed by atoms with E-state index in [1.807, 2.05) is 18.9 Å². The van der Waals surface area contributed by atoms with Crippen molar-refractivity contribution in [1.82, 2.24) is 10.3 Å². The lowest BCUT2D eigenvalue weighted by Gasteiger charge is -2.37. The zero-order chi connectivity index (χ0) is 11.7. The molecule has 1 fully saturated rings. The number of nitrogens with two attached hydrogens (primary N) is 1. The minimum Gasteiger partial charge on any atom is -0.365 e. The van der Waals surface area contributed by atoms with Gasteiger partial charge in [-0.2, -0.15) is 0 Å². The van der Waals surface area contributed by atoms with E-state index in [0.29, 0.717) is 17.4 Å². The summed E-state index contributed by atoms with van der Waals surface area (Å²) >= 11 is 0. The molecule has 0 radical (unpaired) electrons. The van der Waals surface area contributed by atoms with Gasteiger partial charge in [-0.15, -0.1) is 0 Å². The lowest BCUT2D eigenvalue weighted by molar-refractivity contribution is 0.0999. The van der Waals surface area contributed by atoms with Gasteiger partial charge in [-0.05, 0) is 18.6 Å². The van der Waals surface area contributed by atoms with Gasteiger partial charge in [0.15, 0.2) is 0 Å². The van der Waals surface area contributed by atoms with Gasteiger partial charge in [0.1, 0.15) is 5.82 Å². The second-order valence-electron chi connectivity index (χ2n) is 4.11. The summed E-state index contributed by atoms with van der Waals surface area (Å²) in [6, 6.07) is 2.20. The smallest absolute Gasteiger partial charge is 0.252 e. The van der Waals surface area contributed by atoms with Crippen LogP contribution in [0.15, 0.2) is 12.3 Å². The van der Waals surface area contributed by atoms with E-state index in [9.17, 15) is 4.79 Å². The number of amides is 1. The Labute approximate surface area is 94.6 Å². The molecule has 5 nitrogen and oxygen atoms in total. The van der Waals surface area contributed by atoms with Crippen molar-refractivity contribution in [2.24, 2.45) is 5.73 Å². The standard InChI is InChI=1S/C11H16N4O/c1-7-3-4-14-11(9(7)10(12)16)15(2)8-5-13-6-8/h3-4,8,13H,5-6H2,1-2H3,(H2,12,16). The molecule has 1 aliphatic heterocycles. The molecule has 2 rings (SSSR count). The molecule has 86 valence electrons. The van der Waals surface area contributed by atoms with Crippen LogP contribution in [0.1, 0.15) is 15.9 Å². The monoisotopic (exact) mass is 220 g/mol. The zero-order valence-electron chi connectivity index (χ0n) is 9.53. The minimum absolute atomic E-state index is 0.396. The fourth-order valence-electron chi connectivity index (χ4n) is 1.84. The molecular formula is C11H16N4O. The molecular weight excluding hydrogens is 204 g/mol. The molecule has 2 heterocycles. The Kier molecular flexibility index (Phi) is 2.78. The van der Waals surface area contributed by atoms with Crippen molar-refractivity contribution < 1.29 is 4.79 Å². The normalized spacial score (nSPS) is 15.6. The third-order valence-corrected chi connectivity index (χ3v) is 3.03. The Morgan fingerprint density at radius 3 is 2.81 bits per heavy atom. The summed E-state index contributed by atoms with van der Waals surface area (Å²) in [5.41, 5.74) is 6.79. The maximum atomic E-state index is 11.4. The third-order valence-electron chi connectivity index (χ3n) is 3.03. The first-order valence-electron chi connectivity index (χ1n) is 5.30. The summed E-state index contributed by atoms with van der Waals surface area (Å²) in [6.07, 6.45) is 1.71. The van der Waals surface area contributed by atoms with Crippen LogP contribution >= 0.6 is 0 Å². The SMILES string of the molecule is Cc1ccnc(N(C)C2CNC2)c1C(N)=O. The molecule has 1 aromatic heterocycles. The maximum absolute atomic E-state index is 11.4. The summed E-state index contributed by atoms with van der Waals surface area (Å²) < 4.78 is 0. The van der Waals surface area contributed by atoms with Crippen LogP contribution in [0.5, 0.6) is 0 Å². The predicted molar refractivity (Wildman–Crippen MR) is 62.6 cm³/mol. The van der Waals surface area contributed by atoms with Crippen LogP contribution in [0.2, 0.25) is 0 Å². The fraction of sp³-hybridized carbons (Fsp3) is 0.455. The lowest BCUT2D eigenvalue weighted by atomic mass is 10.1. The first kappa shape index (κ1) is 10.9. The van der Waals surface area contributed by atoms with Crippen molar-refractivity contribution in [2.45, 2.75) is 13.0 Å². The second kappa shape index (κ2) is 4.09. The number of aryl methyl sites for hydroxylation is 1. The van der Waals surface area contributed by atoms with Crippen molar-refractivity contribution in [2.75, 3.05) is 25.0 Å². The first-order valence-corrected chi connectivity index (χ1v) is 5.30. The van der Waals surface area contributed by atoms with E-state index in [2.05, 4.69) is 10.3 Å². The summed E-state index contributed by atoms with van der Waals surface area (Å²) in [7, 11) is 1.94. The fourth-order valence-corrected chi connectivity index (χ4v) is 1.84. The molecule has 0 aromatic carbocycles. The Balaban J connectivity index is 2.38. The number of carbonyl (C=O) groups excluding carboxylic acids is 1. The van der Waals surface area contributed by atoms with E-state index < -0.39 is 5.91 Å². The zero-order valence-corrected chi connectivity index (χ0v) is 9.53. The summed E-state index contributed by atoms with van der Waals surface area (Å²) in [5.74, 6) is 0.263. The number of aromatic nitrogens is 1. The van der Waals surface area contributed by atoms with E-state index >= 15 is 0 Å². The lowest BCUT2D eigenvalue weighted by Crippen LogP contribution is -2.56. The van der Waals surface area contributed by atoms with Crippen LogP contribution in [-0.4, -0.2) is 37.1 Å². The van der Waals surface area contributed by atoms with Crippen LogP contribution in [0.25, 0.3) is 0 Å². The first-order chi connectivity index (χ1) is 7.61. The van der Waals surface area contributed by atoms with Gasteiger partial charge in [-0.3, -0.25) is 4.79 Å². The number of nitrogens with zero attached hydrogens (tertiary/aromatic N) is 2. The van der Waals surface area contributed by atoms with Crippen LogP contribution in [0.3, 0.4) is 0 Å². The maximum Gasteiger partial charge on any atom is 0.252 e. The molecule has 5 heteroatoms. The van der Waals surface area contributed by atoms with Crippen LogP contribution in [0, 0.1) is 6.92 Å². The molecule has 1 saturated heterocycles. The van der Waals surface area contributed by atoms with Gasteiger partial charge in [0.05, 0.1) is 11.6 Å². The van der Waals surface area contributed by atoms with Crippen LogP contribution in [0.4, 0.5) is 5.82 Å². The highest BCUT2D eigenvalue weighted by molar-refractivity contribution is 5.99. The van der Waals surface area contributed by atoms with Crippen molar-refractivity contribution >= 4 is 11.7 Å². The molecule has 0 spiro atoms. The highest BCUT2D eigenvalue weighted by Gasteiger charge is 2.26. The molecule has 1 aromatic rings. The number of likely N-dealkylation sites (N-methyl/N-ethyl adjacent to an activating group) is 1. The summed E-state index contributed by atoms with van der Waals surface area (Å²) in [6.45, 7) is 3.72. The Hall–Kier alpha value is -1.62.